The summed E-state index contributed by atoms with van der Waals surface area (Å²) in [7, 11) is 0. The van der Waals surface area contributed by atoms with E-state index in [2.05, 4.69) is 19.5 Å². The van der Waals surface area contributed by atoms with Crippen molar-refractivity contribution in [1.29, 1.82) is 0 Å². The van der Waals surface area contributed by atoms with Gasteiger partial charge in [0.05, 0.1) is 12.5 Å². The molecule has 1 aliphatic rings. The third kappa shape index (κ3) is 2.19. The summed E-state index contributed by atoms with van der Waals surface area (Å²) in [6.45, 7) is 1.74. The van der Waals surface area contributed by atoms with Crippen molar-refractivity contribution in [3.8, 4) is 11.5 Å². The first kappa shape index (κ1) is 12.1. The van der Waals surface area contributed by atoms with Crippen molar-refractivity contribution < 1.29 is 5.11 Å². The number of imidazole rings is 1. The maximum Gasteiger partial charge on any atom is 0.254 e. The molecule has 0 aromatic carbocycles. The fraction of sp³-hybridized carbons (Fsp3) is 0.462. The van der Waals surface area contributed by atoms with Crippen LogP contribution in [0.1, 0.15) is 30.1 Å². The van der Waals surface area contributed by atoms with Crippen LogP contribution in [0.25, 0.3) is 11.5 Å². The highest BCUT2D eigenvalue weighted by Crippen LogP contribution is 2.37. The van der Waals surface area contributed by atoms with Gasteiger partial charge < -0.3 is 14.7 Å². The molecule has 0 radical (unpaired) electrons. The Balaban J connectivity index is 2.06. The van der Waals surface area contributed by atoms with Crippen LogP contribution in [-0.4, -0.2) is 31.2 Å². The second kappa shape index (κ2) is 4.62. The average molecular weight is 260 g/mol. The van der Waals surface area contributed by atoms with E-state index in [9.17, 15) is 4.79 Å². The largest absolute Gasteiger partial charge is 0.396 e. The number of rotatable bonds is 4. The maximum atomic E-state index is 12.0. The molecule has 6 nitrogen and oxygen atoms in total. The first-order chi connectivity index (χ1) is 9.20. The molecule has 0 aliphatic heterocycles. The number of aromatic amines is 1. The van der Waals surface area contributed by atoms with E-state index >= 15 is 0 Å². The molecule has 0 atom stereocenters. The second-order valence-corrected chi connectivity index (χ2v) is 4.87. The topological polar surface area (TPSA) is 83.8 Å². The molecule has 6 heteroatoms. The van der Waals surface area contributed by atoms with Crippen molar-refractivity contribution in [2.75, 3.05) is 6.61 Å². The summed E-state index contributed by atoms with van der Waals surface area (Å²) >= 11 is 0. The van der Waals surface area contributed by atoms with Gasteiger partial charge in [-0.1, -0.05) is 0 Å². The van der Waals surface area contributed by atoms with E-state index in [1.54, 1.807) is 19.4 Å². The highest BCUT2D eigenvalue weighted by Gasteiger charge is 2.26. The molecule has 0 bridgehead atoms. The van der Waals surface area contributed by atoms with Crippen LogP contribution in [0.5, 0.6) is 0 Å². The predicted molar refractivity (Wildman–Crippen MR) is 69.9 cm³/mol. The normalized spacial score (nSPS) is 14.8. The first-order valence-electron chi connectivity index (χ1n) is 6.43. The number of aryl methyl sites for hydroxylation is 1. The molecule has 0 saturated heterocycles. The van der Waals surface area contributed by atoms with Gasteiger partial charge in [0, 0.05) is 30.3 Å². The summed E-state index contributed by atoms with van der Waals surface area (Å²) in [6.07, 6.45) is 6.13. The minimum absolute atomic E-state index is 0.0506. The molecule has 0 spiro atoms. The van der Waals surface area contributed by atoms with Crippen molar-refractivity contribution in [2.24, 2.45) is 0 Å². The van der Waals surface area contributed by atoms with Gasteiger partial charge >= 0.3 is 0 Å². The van der Waals surface area contributed by atoms with Crippen LogP contribution in [0.2, 0.25) is 0 Å². The second-order valence-electron chi connectivity index (χ2n) is 4.87. The third-order valence-corrected chi connectivity index (χ3v) is 3.43. The molecule has 2 heterocycles. The number of nitrogens with zero attached hydrogens (tertiary/aromatic N) is 3. The third-order valence-electron chi connectivity index (χ3n) is 3.43. The minimum atomic E-state index is -0.180. The Morgan fingerprint density at radius 3 is 2.95 bits per heavy atom. The maximum absolute atomic E-state index is 12.0. The number of H-pyrrole nitrogens is 1. The van der Waals surface area contributed by atoms with Crippen LogP contribution in [0.15, 0.2) is 17.3 Å². The van der Waals surface area contributed by atoms with E-state index < -0.39 is 0 Å². The van der Waals surface area contributed by atoms with Gasteiger partial charge in [-0.3, -0.25) is 4.79 Å². The molecule has 3 rings (SSSR count). The lowest BCUT2D eigenvalue weighted by molar-refractivity contribution is 0.298. The zero-order chi connectivity index (χ0) is 13.4. The molecule has 19 heavy (non-hydrogen) atoms. The molecule has 1 fully saturated rings. The molecule has 0 unspecified atom stereocenters. The Bertz CT molecular complexity index is 655. The molecule has 2 aromatic rings. The van der Waals surface area contributed by atoms with Gasteiger partial charge in [-0.15, -0.1) is 0 Å². The van der Waals surface area contributed by atoms with Gasteiger partial charge in [0.25, 0.3) is 5.56 Å². The van der Waals surface area contributed by atoms with E-state index in [1.165, 1.54) is 0 Å². The smallest absolute Gasteiger partial charge is 0.254 e. The zero-order valence-electron chi connectivity index (χ0n) is 10.8. The molecule has 0 amide bonds. The summed E-state index contributed by atoms with van der Waals surface area (Å²) in [4.78, 5) is 23.4. The van der Waals surface area contributed by atoms with Gasteiger partial charge in [-0.05, 0) is 19.8 Å². The summed E-state index contributed by atoms with van der Waals surface area (Å²) in [5, 5.41) is 8.95. The molecule has 100 valence electrons. The predicted octanol–water partition coefficient (Wildman–Crippen LogP) is 0.812. The summed E-state index contributed by atoms with van der Waals surface area (Å²) in [6, 6.07) is 0.486. The molecule has 1 saturated carbocycles. The zero-order valence-corrected chi connectivity index (χ0v) is 10.8. The molecule has 1 aliphatic carbocycles. The summed E-state index contributed by atoms with van der Waals surface area (Å²) < 4.78 is 2.06. The monoisotopic (exact) mass is 260 g/mol. The Morgan fingerprint density at radius 2 is 2.32 bits per heavy atom. The SMILES string of the molecule is Cc1nc(-c2cncn2C2CC2)[nH]c(=O)c1CCO. The Labute approximate surface area is 110 Å². The molecule has 2 N–H and O–H groups in total. The number of aromatic nitrogens is 4. The van der Waals surface area contributed by atoms with Crippen molar-refractivity contribution in [3.63, 3.8) is 0 Å². The van der Waals surface area contributed by atoms with E-state index in [4.69, 9.17) is 5.11 Å². The van der Waals surface area contributed by atoms with E-state index in [-0.39, 0.29) is 12.2 Å². The van der Waals surface area contributed by atoms with Crippen LogP contribution >= 0.6 is 0 Å². The average Bonchev–Trinajstić information content (AvgIpc) is 3.11. The lowest BCUT2D eigenvalue weighted by Gasteiger charge is -2.08. The van der Waals surface area contributed by atoms with E-state index in [1.807, 2.05) is 0 Å². The molecular formula is C13H16N4O2. The lowest BCUT2D eigenvalue weighted by Crippen LogP contribution is -2.19. The van der Waals surface area contributed by atoms with Crippen LogP contribution < -0.4 is 5.56 Å². The Morgan fingerprint density at radius 1 is 1.53 bits per heavy atom. The van der Waals surface area contributed by atoms with Crippen LogP contribution in [-0.2, 0) is 6.42 Å². The highest BCUT2D eigenvalue weighted by molar-refractivity contribution is 5.49. The number of nitrogens with one attached hydrogen (secondary N) is 1. The fourth-order valence-corrected chi connectivity index (χ4v) is 2.27. The molecule has 2 aromatic heterocycles. The first-order valence-corrected chi connectivity index (χ1v) is 6.43. The highest BCUT2D eigenvalue weighted by atomic mass is 16.3. The number of hydrogen-bond donors (Lipinski definition) is 2. The van der Waals surface area contributed by atoms with Crippen molar-refractivity contribution in [1.82, 2.24) is 19.5 Å². The minimum Gasteiger partial charge on any atom is -0.396 e. The van der Waals surface area contributed by atoms with Crippen LogP contribution in [0, 0.1) is 6.92 Å². The van der Waals surface area contributed by atoms with Crippen molar-refractivity contribution in [3.05, 3.63) is 34.1 Å². The standard InChI is InChI=1S/C13H16N4O2/c1-8-10(4-5-18)13(19)16-12(15-8)11-6-14-7-17(11)9-2-3-9/h6-7,9,18H,2-5H2,1H3,(H,15,16,19). The number of aliphatic hydroxyl groups is 1. The van der Waals surface area contributed by atoms with Gasteiger partial charge in [0.15, 0.2) is 5.82 Å². The van der Waals surface area contributed by atoms with Gasteiger partial charge in [-0.25, -0.2) is 9.97 Å². The molecular weight excluding hydrogens is 244 g/mol. The number of aliphatic hydroxyl groups excluding tert-OH is 1. The number of hydrogen-bond acceptors (Lipinski definition) is 4. The Kier molecular flexibility index (Phi) is 2.94. The van der Waals surface area contributed by atoms with Gasteiger partial charge in [0.1, 0.15) is 5.69 Å². The van der Waals surface area contributed by atoms with Crippen LogP contribution in [0.4, 0.5) is 0 Å². The van der Waals surface area contributed by atoms with Gasteiger partial charge in [0.2, 0.25) is 0 Å². The van der Waals surface area contributed by atoms with Crippen molar-refractivity contribution in [2.45, 2.75) is 32.2 Å². The summed E-state index contributed by atoms with van der Waals surface area (Å²) in [5.41, 5.74) is 1.87. The Hall–Kier alpha value is -1.95. The van der Waals surface area contributed by atoms with Crippen molar-refractivity contribution >= 4 is 0 Å². The van der Waals surface area contributed by atoms with E-state index in [0.717, 1.165) is 18.5 Å². The van der Waals surface area contributed by atoms with E-state index in [0.29, 0.717) is 29.5 Å². The lowest BCUT2D eigenvalue weighted by atomic mass is 10.2. The van der Waals surface area contributed by atoms with Crippen LogP contribution in [0.3, 0.4) is 0 Å². The summed E-state index contributed by atoms with van der Waals surface area (Å²) in [5.74, 6) is 0.550. The quantitative estimate of drug-likeness (QED) is 0.852. The van der Waals surface area contributed by atoms with Gasteiger partial charge in [-0.2, -0.15) is 0 Å². The fourth-order valence-electron chi connectivity index (χ4n) is 2.27.